The number of halogens is 1. The lowest BCUT2D eigenvalue weighted by Crippen LogP contribution is -2.24. The van der Waals surface area contributed by atoms with Gasteiger partial charge in [0.1, 0.15) is 6.54 Å². The van der Waals surface area contributed by atoms with Gasteiger partial charge < -0.3 is 5.11 Å². The molecular weight excluding hydrogens is 214 g/mol. The van der Waals surface area contributed by atoms with Gasteiger partial charge in [0.2, 0.25) is 0 Å². The highest BCUT2D eigenvalue weighted by atomic mass is 79.9. The van der Waals surface area contributed by atoms with Gasteiger partial charge in [-0.05, 0) is 0 Å². The number of rotatable bonds is 3. The zero-order chi connectivity index (χ0) is 7.49. The summed E-state index contributed by atoms with van der Waals surface area (Å²) in [6.07, 6.45) is 0. The van der Waals surface area contributed by atoms with Crippen molar-refractivity contribution in [1.29, 1.82) is 0 Å². The summed E-state index contributed by atoms with van der Waals surface area (Å²) < 4.78 is 21.9. The third-order valence-electron chi connectivity index (χ3n) is 0.396. The first-order valence-corrected chi connectivity index (χ1v) is 5.15. The highest BCUT2D eigenvalue weighted by Crippen LogP contribution is 1.91. The van der Waals surface area contributed by atoms with E-state index in [-0.39, 0.29) is 0 Å². The maximum Gasteiger partial charge on any atom is 0.318 e. The summed E-state index contributed by atoms with van der Waals surface area (Å²) in [7, 11) is -3.54. The molecule has 0 spiro atoms. The second-order valence-electron chi connectivity index (χ2n) is 1.15. The Kier molecular flexibility index (Phi) is 3.09. The predicted octanol–water partition coefficient (Wildman–Crippen LogP) is -0.700. The van der Waals surface area contributed by atoms with Crippen LogP contribution in [0, 0.1) is 0 Å². The van der Waals surface area contributed by atoms with Gasteiger partial charge in [-0.3, -0.25) is 4.79 Å². The van der Waals surface area contributed by atoms with Gasteiger partial charge in [0.15, 0.2) is 0 Å². The number of nitrogens with one attached hydrogen (secondary N) is 1. The van der Waals surface area contributed by atoms with Crippen molar-refractivity contribution in [2.24, 2.45) is 0 Å². The third kappa shape index (κ3) is 7.86. The van der Waals surface area contributed by atoms with Crippen LogP contribution in [0.4, 0.5) is 0 Å². The van der Waals surface area contributed by atoms with E-state index < -0.39 is 21.0 Å². The molecule has 0 saturated heterocycles. The first-order chi connectivity index (χ1) is 3.92. The highest BCUT2D eigenvalue weighted by Gasteiger charge is 2.04. The molecule has 0 amide bonds. The van der Waals surface area contributed by atoms with Crippen LogP contribution in [0.5, 0.6) is 0 Å². The summed E-state index contributed by atoms with van der Waals surface area (Å²) in [6, 6.07) is 0. The average Bonchev–Trinajstić information content (AvgIpc) is 1.59. The van der Waals surface area contributed by atoms with Crippen LogP contribution in [0.15, 0.2) is 0 Å². The summed E-state index contributed by atoms with van der Waals surface area (Å²) in [5.41, 5.74) is 0. The second kappa shape index (κ2) is 3.14. The van der Waals surface area contributed by atoms with E-state index in [9.17, 15) is 13.2 Å². The van der Waals surface area contributed by atoms with Crippen molar-refractivity contribution in [2.75, 3.05) is 6.54 Å². The molecule has 0 radical (unpaired) electrons. The maximum atomic E-state index is 10.1. The first-order valence-electron chi connectivity index (χ1n) is 1.83. The van der Waals surface area contributed by atoms with Gasteiger partial charge in [0.25, 0.3) is 8.46 Å². The van der Waals surface area contributed by atoms with Crippen LogP contribution in [-0.2, 0) is 13.3 Å². The molecule has 0 atom stereocenters. The molecule has 0 aromatic carbocycles. The van der Waals surface area contributed by atoms with E-state index in [0.717, 1.165) is 0 Å². The fraction of sp³-hybridized carbons (Fsp3) is 0.500. The van der Waals surface area contributed by atoms with E-state index in [1.54, 1.807) is 4.72 Å². The molecule has 0 aliphatic rings. The van der Waals surface area contributed by atoms with Gasteiger partial charge in [0, 0.05) is 0 Å². The molecule has 0 fully saturated rings. The van der Waals surface area contributed by atoms with E-state index in [1.165, 1.54) is 0 Å². The van der Waals surface area contributed by atoms with Crippen molar-refractivity contribution in [2.45, 2.75) is 0 Å². The second-order valence-corrected chi connectivity index (χ2v) is 4.87. The molecule has 0 rings (SSSR count). The summed E-state index contributed by atoms with van der Waals surface area (Å²) in [4.78, 5) is 9.70. The lowest BCUT2D eigenvalue weighted by atomic mass is 10.7. The molecule has 0 aromatic rings. The molecule has 0 aromatic heterocycles. The van der Waals surface area contributed by atoms with Gasteiger partial charge in [-0.1, -0.05) is 0 Å². The van der Waals surface area contributed by atoms with Crippen LogP contribution in [0.3, 0.4) is 0 Å². The number of carbonyl (C=O) groups is 1. The van der Waals surface area contributed by atoms with E-state index in [2.05, 4.69) is 14.8 Å². The molecule has 54 valence electrons. The summed E-state index contributed by atoms with van der Waals surface area (Å²) in [5.74, 6) is -1.22. The molecule has 7 heteroatoms. The van der Waals surface area contributed by atoms with Gasteiger partial charge in [-0.15, -0.1) is 0 Å². The van der Waals surface area contributed by atoms with E-state index in [0.29, 0.717) is 0 Å². The fourth-order valence-corrected chi connectivity index (χ4v) is 0.787. The predicted molar refractivity (Wildman–Crippen MR) is 33.5 cm³/mol. The first kappa shape index (κ1) is 8.86. The van der Waals surface area contributed by atoms with Crippen LogP contribution in [0.1, 0.15) is 0 Å². The van der Waals surface area contributed by atoms with Gasteiger partial charge in [-0.2, -0.15) is 4.72 Å². The minimum atomic E-state index is -3.54. The maximum absolute atomic E-state index is 10.1. The Hall–Kier alpha value is -0.140. The number of hydrogen-bond acceptors (Lipinski definition) is 3. The van der Waals surface area contributed by atoms with Crippen molar-refractivity contribution in [3.05, 3.63) is 0 Å². The van der Waals surface area contributed by atoms with Crippen molar-refractivity contribution in [3.8, 4) is 0 Å². The lowest BCUT2D eigenvalue weighted by Gasteiger charge is -1.92. The fourth-order valence-electron chi connectivity index (χ4n) is 0.148. The smallest absolute Gasteiger partial charge is 0.318 e. The molecule has 0 heterocycles. The minimum Gasteiger partial charge on any atom is -0.480 e. The molecule has 5 nitrogen and oxygen atoms in total. The van der Waals surface area contributed by atoms with Crippen molar-refractivity contribution in [3.63, 3.8) is 0 Å². The van der Waals surface area contributed by atoms with Crippen molar-refractivity contribution in [1.82, 2.24) is 4.72 Å². The summed E-state index contributed by atoms with van der Waals surface area (Å²) in [6.45, 7) is -0.604. The lowest BCUT2D eigenvalue weighted by molar-refractivity contribution is -0.135. The van der Waals surface area contributed by atoms with Gasteiger partial charge in [-0.25, -0.2) is 8.42 Å². The molecule has 0 saturated carbocycles. The van der Waals surface area contributed by atoms with Crippen molar-refractivity contribution >= 4 is 29.2 Å². The van der Waals surface area contributed by atoms with Crippen LogP contribution >= 0.6 is 14.8 Å². The molecule has 0 unspecified atom stereocenters. The van der Waals surface area contributed by atoms with Crippen LogP contribution in [0.25, 0.3) is 0 Å². The standard InChI is InChI=1S/C2H4BrNO4S/c3-9(7,8)4-1-2(5)6/h4H,1H2,(H,5,6). The Morgan fingerprint density at radius 1 is 1.67 bits per heavy atom. The third-order valence-corrected chi connectivity index (χ3v) is 1.57. The van der Waals surface area contributed by atoms with Crippen molar-refractivity contribution < 1.29 is 18.3 Å². The summed E-state index contributed by atoms with van der Waals surface area (Å²) in [5, 5.41) is 7.93. The molecule has 9 heavy (non-hydrogen) atoms. The normalized spacial score (nSPS) is 11.2. The monoisotopic (exact) mass is 217 g/mol. The zero-order valence-electron chi connectivity index (χ0n) is 4.17. The Labute approximate surface area is 59.3 Å². The number of carboxylic acid groups (broad SMARTS) is 1. The SMILES string of the molecule is O=C(O)CNS(=O)(=O)Br. The number of aliphatic carboxylic acids is 1. The molecule has 0 aliphatic carbocycles. The summed E-state index contributed by atoms with van der Waals surface area (Å²) >= 11 is 2.20. The quantitative estimate of drug-likeness (QED) is 0.613. The Morgan fingerprint density at radius 2 is 2.11 bits per heavy atom. The van der Waals surface area contributed by atoms with E-state index in [4.69, 9.17) is 5.11 Å². The zero-order valence-corrected chi connectivity index (χ0v) is 6.57. The van der Waals surface area contributed by atoms with Crippen LogP contribution in [-0.4, -0.2) is 26.0 Å². The van der Waals surface area contributed by atoms with E-state index >= 15 is 0 Å². The molecule has 0 aliphatic heterocycles. The van der Waals surface area contributed by atoms with Crippen LogP contribution in [0.2, 0.25) is 0 Å². The number of carboxylic acids is 1. The minimum absolute atomic E-state index is 0.604. The van der Waals surface area contributed by atoms with Gasteiger partial charge >= 0.3 is 5.97 Å². The van der Waals surface area contributed by atoms with E-state index in [1.807, 2.05) is 0 Å². The highest BCUT2D eigenvalue weighted by molar-refractivity contribution is 9.47. The van der Waals surface area contributed by atoms with Gasteiger partial charge in [0.05, 0.1) is 14.8 Å². The topological polar surface area (TPSA) is 83.5 Å². The van der Waals surface area contributed by atoms with Crippen LogP contribution < -0.4 is 4.72 Å². The largest absolute Gasteiger partial charge is 0.480 e. The number of hydrogen-bond donors (Lipinski definition) is 2. The average molecular weight is 218 g/mol. The Bertz CT molecular complexity index is 197. The Morgan fingerprint density at radius 3 is 2.22 bits per heavy atom. The Balaban J connectivity index is 3.67. The molecule has 2 N–H and O–H groups in total. The molecule has 0 bridgehead atoms. The molecular formula is C2H4BrNO4S.